The molecule has 1 saturated heterocycles. The van der Waals surface area contributed by atoms with Gasteiger partial charge in [-0.1, -0.05) is 6.07 Å². The Balaban J connectivity index is 1.71. The van der Waals surface area contributed by atoms with E-state index in [0.29, 0.717) is 25.7 Å². The third kappa shape index (κ3) is 4.45. The molecule has 1 amide bonds. The summed E-state index contributed by atoms with van der Waals surface area (Å²) in [6.07, 6.45) is -0.240. The number of likely N-dealkylation sites (tertiary alicyclic amines) is 1. The first-order valence-corrected chi connectivity index (χ1v) is 7.45. The molecule has 1 aliphatic heterocycles. The normalized spacial score (nSPS) is 15.9. The van der Waals surface area contributed by atoms with Crippen LogP contribution in [-0.4, -0.2) is 40.7 Å². The smallest absolute Gasteiger partial charge is 0.410 e. The fourth-order valence-corrected chi connectivity index (χ4v) is 2.26. The monoisotopic (exact) mass is 341 g/mol. The number of halogens is 1. The molecule has 0 aliphatic carbocycles. The van der Waals surface area contributed by atoms with Gasteiger partial charge < -0.3 is 15.0 Å². The zero-order chi connectivity index (χ0) is 14.8. The molecular formula is C14H20BrN3O2. The third-order valence-corrected chi connectivity index (χ3v) is 3.32. The minimum Gasteiger partial charge on any atom is -0.444 e. The van der Waals surface area contributed by atoms with Crippen molar-refractivity contribution in [2.24, 2.45) is 0 Å². The Morgan fingerprint density at radius 1 is 1.50 bits per heavy atom. The van der Waals surface area contributed by atoms with E-state index < -0.39 is 5.60 Å². The lowest BCUT2D eigenvalue weighted by atomic mass is 10.1. The Bertz CT molecular complexity index is 482. The highest BCUT2D eigenvalue weighted by Crippen LogP contribution is 2.15. The molecule has 0 aromatic carbocycles. The van der Waals surface area contributed by atoms with Crippen molar-refractivity contribution in [3.63, 3.8) is 0 Å². The standard InChI is InChI=1S/C14H20BrN3O2/c1-14(2,3)20-13(19)18-8-11(9-18)16-7-10-5-4-6-12(15)17-10/h4-6,11,16H,7-9H2,1-3H3. The Morgan fingerprint density at radius 3 is 2.80 bits per heavy atom. The molecule has 2 heterocycles. The van der Waals surface area contributed by atoms with Gasteiger partial charge in [0, 0.05) is 25.7 Å². The van der Waals surface area contributed by atoms with Crippen molar-refractivity contribution in [2.75, 3.05) is 13.1 Å². The maximum Gasteiger partial charge on any atom is 0.410 e. The maximum atomic E-state index is 11.8. The van der Waals surface area contributed by atoms with Crippen molar-refractivity contribution < 1.29 is 9.53 Å². The Hall–Kier alpha value is -1.14. The Morgan fingerprint density at radius 2 is 2.20 bits per heavy atom. The van der Waals surface area contributed by atoms with Crippen molar-refractivity contribution in [3.05, 3.63) is 28.5 Å². The molecule has 0 spiro atoms. The molecule has 1 aliphatic rings. The highest BCUT2D eigenvalue weighted by Gasteiger charge is 2.33. The third-order valence-electron chi connectivity index (χ3n) is 2.88. The summed E-state index contributed by atoms with van der Waals surface area (Å²) in [5, 5.41) is 3.38. The zero-order valence-electron chi connectivity index (χ0n) is 12.0. The first-order chi connectivity index (χ1) is 9.33. The van der Waals surface area contributed by atoms with Crippen LogP contribution in [0.3, 0.4) is 0 Å². The molecule has 1 aromatic rings. The van der Waals surface area contributed by atoms with Crippen LogP contribution in [0, 0.1) is 0 Å². The fraction of sp³-hybridized carbons (Fsp3) is 0.571. The lowest BCUT2D eigenvalue weighted by Gasteiger charge is -2.40. The van der Waals surface area contributed by atoms with Gasteiger partial charge in [-0.15, -0.1) is 0 Å². The van der Waals surface area contributed by atoms with Crippen LogP contribution in [-0.2, 0) is 11.3 Å². The topological polar surface area (TPSA) is 54.5 Å². The van der Waals surface area contributed by atoms with Crippen molar-refractivity contribution in [1.82, 2.24) is 15.2 Å². The van der Waals surface area contributed by atoms with Crippen molar-refractivity contribution in [3.8, 4) is 0 Å². The number of carbonyl (C=O) groups is 1. The highest BCUT2D eigenvalue weighted by atomic mass is 79.9. The Kier molecular flexibility index (Phi) is 4.65. The van der Waals surface area contributed by atoms with Gasteiger partial charge in [0.15, 0.2) is 0 Å². The van der Waals surface area contributed by atoms with E-state index in [-0.39, 0.29) is 6.09 Å². The number of amides is 1. The Labute approximate surface area is 127 Å². The lowest BCUT2D eigenvalue weighted by molar-refractivity contribution is 0.00516. The van der Waals surface area contributed by atoms with Gasteiger partial charge in [-0.3, -0.25) is 0 Å². The van der Waals surface area contributed by atoms with E-state index in [2.05, 4.69) is 26.2 Å². The average Bonchev–Trinajstić information content (AvgIpc) is 2.24. The first kappa shape index (κ1) is 15.3. The highest BCUT2D eigenvalue weighted by molar-refractivity contribution is 9.10. The summed E-state index contributed by atoms with van der Waals surface area (Å²) in [6, 6.07) is 6.14. The number of pyridine rings is 1. The van der Waals surface area contributed by atoms with Crippen LogP contribution in [0.1, 0.15) is 26.5 Å². The van der Waals surface area contributed by atoms with Crippen molar-refractivity contribution >= 4 is 22.0 Å². The zero-order valence-corrected chi connectivity index (χ0v) is 13.6. The summed E-state index contributed by atoms with van der Waals surface area (Å²) >= 11 is 3.35. The molecular weight excluding hydrogens is 322 g/mol. The summed E-state index contributed by atoms with van der Waals surface area (Å²) < 4.78 is 6.14. The van der Waals surface area contributed by atoms with Crippen LogP contribution in [0.15, 0.2) is 22.8 Å². The molecule has 0 atom stereocenters. The quantitative estimate of drug-likeness (QED) is 0.858. The van der Waals surface area contributed by atoms with Gasteiger partial charge >= 0.3 is 6.09 Å². The SMILES string of the molecule is CC(C)(C)OC(=O)N1CC(NCc2cccc(Br)n2)C1. The molecule has 1 N–H and O–H groups in total. The number of carbonyl (C=O) groups excluding carboxylic acids is 1. The number of ether oxygens (including phenoxy) is 1. The molecule has 0 bridgehead atoms. The molecule has 0 saturated carbocycles. The van der Waals surface area contributed by atoms with E-state index >= 15 is 0 Å². The molecule has 2 rings (SSSR count). The second-order valence-corrected chi connectivity index (χ2v) is 6.73. The molecule has 20 heavy (non-hydrogen) atoms. The largest absolute Gasteiger partial charge is 0.444 e. The number of rotatable bonds is 3. The van der Waals surface area contributed by atoms with E-state index in [1.807, 2.05) is 39.0 Å². The minimum atomic E-state index is -0.435. The van der Waals surface area contributed by atoms with Gasteiger partial charge in [0.2, 0.25) is 0 Å². The van der Waals surface area contributed by atoms with E-state index in [1.165, 1.54) is 0 Å². The van der Waals surface area contributed by atoms with Crippen LogP contribution in [0.25, 0.3) is 0 Å². The van der Waals surface area contributed by atoms with Crippen LogP contribution < -0.4 is 5.32 Å². The van der Waals surface area contributed by atoms with E-state index in [4.69, 9.17) is 4.74 Å². The summed E-state index contributed by atoms with van der Waals surface area (Å²) in [6.45, 7) is 7.69. The van der Waals surface area contributed by atoms with Crippen molar-refractivity contribution in [1.29, 1.82) is 0 Å². The van der Waals surface area contributed by atoms with Crippen LogP contribution >= 0.6 is 15.9 Å². The van der Waals surface area contributed by atoms with Crippen LogP contribution in [0.4, 0.5) is 4.79 Å². The molecule has 6 heteroatoms. The van der Waals surface area contributed by atoms with Crippen LogP contribution in [0.5, 0.6) is 0 Å². The first-order valence-electron chi connectivity index (χ1n) is 6.66. The van der Waals surface area contributed by atoms with E-state index in [1.54, 1.807) is 4.90 Å². The predicted octanol–water partition coefficient (Wildman–Crippen LogP) is 2.55. The van der Waals surface area contributed by atoms with E-state index in [0.717, 1.165) is 10.3 Å². The second kappa shape index (κ2) is 6.10. The van der Waals surface area contributed by atoms with Gasteiger partial charge in [-0.05, 0) is 48.8 Å². The lowest BCUT2D eigenvalue weighted by Crippen LogP contribution is -2.60. The number of nitrogens with zero attached hydrogens (tertiary/aromatic N) is 2. The van der Waals surface area contributed by atoms with Gasteiger partial charge in [0.25, 0.3) is 0 Å². The molecule has 110 valence electrons. The molecule has 1 fully saturated rings. The molecule has 0 unspecified atom stereocenters. The maximum absolute atomic E-state index is 11.8. The van der Waals surface area contributed by atoms with Gasteiger partial charge in [-0.25, -0.2) is 9.78 Å². The van der Waals surface area contributed by atoms with E-state index in [9.17, 15) is 4.79 Å². The van der Waals surface area contributed by atoms with Gasteiger partial charge in [0.05, 0.1) is 5.69 Å². The summed E-state index contributed by atoms with van der Waals surface area (Å²) in [5.41, 5.74) is 0.547. The van der Waals surface area contributed by atoms with Crippen molar-refractivity contribution in [2.45, 2.75) is 39.0 Å². The number of nitrogens with one attached hydrogen (secondary N) is 1. The summed E-state index contributed by atoms with van der Waals surface area (Å²) in [7, 11) is 0. The summed E-state index contributed by atoms with van der Waals surface area (Å²) in [4.78, 5) is 17.8. The number of hydrogen-bond donors (Lipinski definition) is 1. The predicted molar refractivity (Wildman–Crippen MR) is 80.4 cm³/mol. The summed E-state index contributed by atoms with van der Waals surface area (Å²) in [5.74, 6) is 0. The molecule has 0 radical (unpaired) electrons. The number of hydrogen-bond acceptors (Lipinski definition) is 4. The van der Waals surface area contributed by atoms with Gasteiger partial charge in [0.1, 0.15) is 10.2 Å². The van der Waals surface area contributed by atoms with Crippen LogP contribution in [0.2, 0.25) is 0 Å². The number of aromatic nitrogens is 1. The average molecular weight is 342 g/mol. The van der Waals surface area contributed by atoms with Gasteiger partial charge in [-0.2, -0.15) is 0 Å². The fourth-order valence-electron chi connectivity index (χ4n) is 1.88. The molecule has 1 aromatic heterocycles. The second-order valence-electron chi connectivity index (χ2n) is 5.91. The molecule has 5 nitrogen and oxygen atoms in total. The minimum absolute atomic E-state index is 0.240.